The van der Waals surface area contributed by atoms with Crippen molar-refractivity contribution in [3.8, 4) is 11.5 Å². The molecule has 14 nitrogen and oxygen atoms in total. The second-order valence-corrected chi connectivity index (χ2v) is 9.36. The quantitative estimate of drug-likeness (QED) is 0.169. The minimum absolute atomic E-state index is 0.254. The van der Waals surface area contributed by atoms with Gasteiger partial charge in [-0.05, 0) is 24.3 Å². The van der Waals surface area contributed by atoms with Crippen LogP contribution in [0.4, 0.5) is 0 Å². The number of aliphatic hydroxyl groups is 6. The summed E-state index contributed by atoms with van der Waals surface area (Å²) in [6, 6.07) is 6.21. The monoisotopic (exact) mass is 512 g/mol. The van der Waals surface area contributed by atoms with Gasteiger partial charge in [0, 0.05) is 0 Å². The normalized spacial score (nSPS) is 38.9. The van der Waals surface area contributed by atoms with Gasteiger partial charge in [0.25, 0.3) is 10.1 Å². The molecule has 1 unspecified atom stereocenters. The van der Waals surface area contributed by atoms with Crippen molar-refractivity contribution in [3.05, 3.63) is 24.3 Å². The molecule has 0 bridgehead atoms. The van der Waals surface area contributed by atoms with Crippen molar-refractivity contribution in [1.29, 1.82) is 0 Å². The van der Waals surface area contributed by atoms with E-state index in [-0.39, 0.29) is 5.75 Å². The highest BCUT2D eigenvalue weighted by Crippen LogP contribution is 2.31. The number of aliphatic hydroxyl groups excluding tert-OH is 6. The summed E-state index contributed by atoms with van der Waals surface area (Å²) in [5.74, 6) is -0.320. The molecule has 1 aromatic rings. The molecular weight excluding hydrogens is 484 g/mol. The number of hydrogen-bond acceptors (Lipinski definition) is 13. The first-order valence-corrected chi connectivity index (χ1v) is 11.8. The number of methoxy groups -OCH3 is 1. The van der Waals surface area contributed by atoms with Crippen molar-refractivity contribution in [2.75, 3.05) is 19.5 Å². The lowest BCUT2D eigenvalue weighted by atomic mass is 9.97. The maximum absolute atomic E-state index is 11.2. The zero-order valence-electron chi connectivity index (χ0n) is 17.9. The second kappa shape index (κ2) is 11.0. The van der Waals surface area contributed by atoms with Gasteiger partial charge in [-0.2, -0.15) is 8.42 Å². The van der Waals surface area contributed by atoms with Crippen molar-refractivity contribution < 1.29 is 67.3 Å². The van der Waals surface area contributed by atoms with E-state index in [9.17, 15) is 39.1 Å². The Hall–Kier alpha value is -1.63. The average molecular weight is 512 g/mol. The van der Waals surface area contributed by atoms with Crippen LogP contribution in [-0.2, 0) is 24.3 Å². The third kappa shape index (κ3) is 6.13. The van der Waals surface area contributed by atoms with E-state index >= 15 is 0 Å². The fraction of sp³-hybridized carbons (Fsp3) is 0.684. The van der Waals surface area contributed by atoms with E-state index in [4.69, 9.17) is 28.2 Å². The Morgan fingerprint density at radius 1 is 0.824 bits per heavy atom. The van der Waals surface area contributed by atoms with Gasteiger partial charge in [0.2, 0.25) is 6.29 Å². The van der Waals surface area contributed by atoms with Crippen molar-refractivity contribution in [2.24, 2.45) is 0 Å². The highest BCUT2D eigenvalue weighted by Gasteiger charge is 2.51. The first kappa shape index (κ1) is 27.0. The Morgan fingerprint density at radius 3 is 1.94 bits per heavy atom. The Balaban J connectivity index is 1.72. The molecule has 0 saturated carbocycles. The Labute approximate surface area is 194 Å². The Bertz CT molecular complexity index is 893. The lowest BCUT2D eigenvalue weighted by Gasteiger charge is -2.45. The zero-order valence-corrected chi connectivity index (χ0v) is 18.7. The standard InChI is InChI=1S/C19H28O14S/c1-29-8-2-4-9(5-3-8)30-18-16(25)14(23)17(10(6-20)31-18)33-19-15(24)13(22)12(21)11(32-19)7-34(26,27)28/h2-5,10-25H,6-7H2,1H3,(H,26,27,28)/t10-,11-,12-,13+,14-,15-,16-,17-,18?,19+/m1/s1. The summed E-state index contributed by atoms with van der Waals surface area (Å²) in [5.41, 5.74) is 0. The molecule has 2 fully saturated rings. The summed E-state index contributed by atoms with van der Waals surface area (Å²) in [7, 11) is -3.17. The average Bonchev–Trinajstić information content (AvgIpc) is 2.79. The van der Waals surface area contributed by atoms with Crippen molar-refractivity contribution in [1.82, 2.24) is 0 Å². The fourth-order valence-corrected chi connectivity index (χ4v) is 4.33. The predicted octanol–water partition coefficient (Wildman–Crippen LogP) is -3.41. The molecule has 7 N–H and O–H groups in total. The van der Waals surface area contributed by atoms with Crippen LogP contribution in [0.1, 0.15) is 0 Å². The van der Waals surface area contributed by atoms with Crippen LogP contribution in [0.25, 0.3) is 0 Å². The second-order valence-electron chi connectivity index (χ2n) is 7.86. The lowest BCUT2D eigenvalue weighted by Crippen LogP contribution is -2.65. The van der Waals surface area contributed by atoms with Crippen molar-refractivity contribution in [3.63, 3.8) is 0 Å². The number of rotatable bonds is 8. The summed E-state index contributed by atoms with van der Waals surface area (Å²) >= 11 is 0. The lowest BCUT2D eigenvalue weighted by molar-refractivity contribution is -0.348. The fourth-order valence-electron chi connectivity index (χ4n) is 3.64. The Morgan fingerprint density at radius 2 is 1.38 bits per heavy atom. The molecule has 2 saturated heterocycles. The third-order valence-electron chi connectivity index (χ3n) is 5.47. The number of ether oxygens (including phenoxy) is 5. The molecule has 3 rings (SSSR count). The minimum atomic E-state index is -4.64. The van der Waals surface area contributed by atoms with E-state index in [0.717, 1.165) is 0 Å². The van der Waals surface area contributed by atoms with Crippen LogP contribution < -0.4 is 9.47 Å². The molecule has 34 heavy (non-hydrogen) atoms. The molecule has 2 aliphatic rings. The van der Waals surface area contributed by atoms with Gasteiger partial charge in [-0.25, -0.2) is 0 Å². The zero-order chi connectivity index (χ0) is 25.2. The number of benzene rings is 1. The molecule has 10 atom stereocenters. The molecular formula is C19H28O14S. The van der Waals surface area contributed by atoms with Crippen molar-refractivity contribution in [2.45, 2.75) is 61.4 Å². The summed E-state index contributed by atoms with van der Waals surface area (Å²) in [6.07, 6.45) is -17.0. The van der Waals surface area contributed by atoms with Gasteiger partial charge in [-0.15, -0.1) is 0 Å². The molecule has 0 aromatic heterocycles. The van der Waals surface area contributed by atoms with Crippen LogP contribution in [0, 0.1) is 0 Å². The van der Waals surface area contributed by atoms with E-state index < -0.39 is 83.9 Å². The summed E-state index contributed by atoms with van der Waals surface area (Å²) in [5, 5.41) is 61.0. The summed E-state index contributed by atoms with van der Waals surface area (Å²) in [6.45, 7) is -0.737. The molecule has 1 aromatic carbocycles. The smallest absolute Gasteiger partial charge is 0.267 e. The maximum atomic E-state index is 11.2. The van der Waals surface area contributed by atoms with E-state index in [1.165, 1.54) is 19.2 Å². The minimum Gasteiger partial charge on any atom is -0.497 e. The highest BCUT2D eigenvalue weighted by atomic mass is 32.2. The van der Waals surface area contributed by atoms with Crippen LogP contribution in [0.15, 0.2) is 24.3 Å². The van der Waals surface area contributed by atoms with Gasteiger partial charge in [-0.3, -0.25) is 4.55 Å². The van der Waals surface area contributed by atoms with Crippen LogP contribution in [0.5, 0.6) is 11.5 Å². The molecule has 194 valence electrons. The first-order chi connectivity index (χ1) is 15.9. The van der Waals surface area contributed by atoms with E-state index in [0.29, 0.717) is 5.75 Å². The highest BCUT2D eigenvalue weighted by molar-refractivity contribution is 7.85. The first-order valence-electron chi connectivity index (χ1n) is 10.2. The molecule has 15 heteroatoms. The third-order valence-corrected chi connectivity index (χ3v) is 6.22. The van der Waals surface area contributed by atoms with Crippen LogP contribution >= 0.6 is 0 Å². The maximum Gasteiger partial charge on any atom is 0.267 e. The van der Waals surface area contributed by atoms with E-state index in [1.807, 2.05) is 0 Å². The predicted molar refractivity (Wildman–Crippen MR) is 109 cm³/mol. The molecule has 0 amide bonds. The van der Waals surface area contributed by atoms with Gasteiger partial charge >= 0.3 is 0 Å². The molecule has 0 radical (unpaired) electrons. The van der Waals surface area contributed by atoms with Crippen LogP contribution in [-0.4, -0.2) is 124 Å². The SMILES string of the molecule is COc1ccc(OC2O[C@H](CO)[C@@H](O[C@@H]3O[C@H](CS(=O)(=O)O)[C@@H](O)[C@H](O)[C@H]3O)[C@H](O)[C@H]2O)cc1. The van der Waals surface area contributed by atoms with Gasteiger partial charge in [0.15, 0.2) is 6.29 Å². The van der Waals surface area contributed by atoms with E-state index in [2.05, 4.69) is 0 Å². The van der Waals surface area contributed by atoms with E-state index in [1.54, 1.807) is 12.1 Å². The summed E-state index contributed by atoms with van der Waals surface area (Å²) < 4.78 is 58.1. The van der Waals surface area contributed by atoms with Crippen LogP contribution in [0.2, 0.25) is 0 Å². The largest absolute Gasteiger partial charge is 0.497 e. The van der Waals surface area contributed by atoms with Gasteiger partial charge in [0.05, 0.1) is 13.7 Å². The van der Waals surface area contributed by atoms with Gasteiger partial charge in [0.1, 0.15) is 66.1 Å². The molecule has 0 aliphatic carbocycles. The van der Waals surface area contributed by atoms with Crippen LogP contribution in [0.3, 0.4) is 0 Å². The van der Waals surface area contributed by atoms with Gasteiger partial charge < -0.3 is 54.3 Å². The topological polar surface area (TPSA) is 222 Å². The molecule has 2 heterocycles. The molecule has 2 aliphatic heterocycles. The van der Waals surface area contributed by atoms with Crippen molar-refractivity contribution >= 4 is 10.1 Å². The summed E-state index contributed by atoms with van der Waals surface area (Å²) in [4.78, 5) is 0. The van der Waals surface area contributed by atoms with Gasteiger partial charge in [-0.1, -0.05) is 0 Å². The Kier molecular flexibility index (Phi) is 8.70. The molecule has 0 spiro atoms. The number of hydrogen-bond donors (Lipinski definition) is 7.